The van der Waals surface area contributed by atoms with Gasteiger partial charge in [0.1, 0.15) is 0 Å². The van der Waals surface area contributed by atoms with Gasteiger partial charge in [0.05, 0.1) is 22.4 Å². The van der Waals surface area contributed by atoms with Gasteiger partial charge in [-0.1, -0.05) is 146 Å². The predicted octanol–water partition coefficient (Wildman–Crippen LogP) is 15.0. The molecule has 270 valence electrons. The number of benzene rings is 10. The third-order valence-corrected chi connectivity index (χ3v) is 13.3. The summed E-state index contributed by atoms with van der Waals surface area (Å²) in [6, 6.07) is 74.5. The van der Waals surface area contributed by atoms with E-state index >= 15 is 0 Å². The summed E-state index contributed by atoms with van der Waals surface area (Å²) in [5, 5.41) is 10.3. The average Bonchev–Trinajstić information content (AvgIpc) is 3.77. The molecule has 1 aliphatic carbocycles. The number of hydrogen-bond donors (Lipinski definition) is 0. The van der Waals surface area contributed by atoms with Crippen molar-refractivity contribution in [3.63, 3.8) is 0 Å². The Hall–Kier alpha value is -7.42. The first-order valence-electron chi connectivity index (χ1n) is 20.3. The van der Waals surface area contributed by atoms with Gasteiger partial charge in [-0.15, -0.1) is 0 Å². The Balaban J connectivity index is 1.10. The molecule has 10 aromatic carbocycles. The number of nitrogens with zero attached hydrogens (tertiary/aromatic N) is 2. The lowest BCUT2D eigenvalue weighted by molar-refractivity contribution is 0.702. The molecule has 58 heavy (non-hydrogen) atoms. The molecule has 1 aliphatic heterocycles. The van der Waals surface area contributed by atoms with Crippen LogP contribution >= 0.6 is 0 Å². The van der Waals surface area contributed by atoms with E-state index in [0.29, 0.717) is 0 Å². The predicted molar refractivity (Wildman–Crippen MR) is 244 cm³/mol. The van der Waals surface area contributed by atoms with Crippen LogP contribution in [0, 0.1) is 0 Å². The van der Waals surface area contributed by atoms with Crippen LogP contribution in [0.4, 0.5) is 17.1 Å². The summed E-state index contributed by atoms with van der Waals surface area (Å²) in [5.41, 5.74) is 16.1. The van der Waals surface area contributed by atoms with Gasteiger partial charge in [0.25, 0.3) is 0 Å². The zero-order chi connectivity index (χ0) is 38.1. The second kappa shape index (κ2) is 11.6. The van der Waals surface area contributed by atoms with E-state index in [1.165, 1.54) is 116 Å². The van der Waals surface area contributed by atoms with Gasteiger partial charge in [-0.25, -0.2) is 0 Å². The van der Waals surface area contributed by atoms with Crippen molar-refractivity contribution in [2.45, 2.75) is 12.3 Å². The summed E-state index contributed by atoms with van der Waals surface area (Å²) in [5.74, 6) is 0. The van der Waals surface area contributed by atoms with Crippen LogP contribution in [0.3, 0.4) is 0 Å². The summed E-state index contributed by atoms with van der Waals surface area (Å²) in [7, 11) is 0. The fourth-order valence-corrected chi connectivity index (χ4v) is 10.9. The van der Waals surface area contributed by atoms with Gasteiger partial charge >= 0.3 is 0 Å². The van der Waals surface area contributed by atoms with E-state index in [1.54, 1.807) is 0 Å². The second-order valence-electron chi connectivity index (χ2n) is 16.1. The molecule has 0 amide bonds. The van der Waals surface area contributed by atoms with E-state index in [2.05, 4.69) is 217 Å². The van der Waals surface area contributed by atoms with Crippen molar-refractivity contribution in [1.82, 2.24) is 4.57 Å². The highest BCUT2D eigenvalue weighted by molar-refractivity contribution is 6.26. The Morgan fingerprint density at radius 3 is 1.76 bits per heavy atom. The number of fused-ring (bicyclic) bond motifs is 14. The smallest absolute Gasteiger partial charge is 0.0547 e. The van der Waals surface area contributed by atoms with E-state index in [1.807, 2.05) is 0 Å². The molecule has 1 atom stereocenters. The Bertz CT molecular complexity index is 3500. The van der Waals surface area contributed by atoms with Crippen molar-refractivity contribution >= 4 is 71.2 Å². The maximum Gasteiger partial charge on any atom is 0.0547 e. The molecule has 0 saturated carbocycles. The van der Waals surface area contributed by atoms with Crippen LogP contribution in [0.25, 0.3) is 82.1 Å². The molecule has 0 radical (unpaired) electrons. The zero-order valence-electron chi connectivity index (χ0n) is 31.9. The first-order valence-corrected chi connectivity index (χ1v) is 20.3. The molecular formula is C56H36N2. The van der Waals surface area contributed by atoms with Crippen molar-refractivity contribution in [2.24, 2.45) is 0 Å². The van der Waals surface area contributed by atoms with E-state index in [0.717, 1.165) is 0 Å². The molecule has 2 aliphatic rings. The Morgan fingerprint density at radius 1 is 0.362 bits per heavy atom. The van der Waals surface area contributed by atoms with Gasteiger partial charge < -0.3 is 9.47 Å². The number of hydrogen-bond acceptors (Lipinski definition) is 1. The van der Waals surface area contributed by atoms with E-state index in [9.17, 15) is 0 Å². The normalized spacial score (nSPS) is 15.4. The molecule has 1 aromatic heterocycles. The van der Waals surface area contributed by atoms with E-state index in [4.69, 9.17) is 0 Å². The lowest BCUT2D eigenvalue weighted by Crippen LogP contribution is -2.32. The molecule has 13 rings (SSSR count). The van der Waals surface area contributed by atoms with E-state index < -0.39 is 0 Å². The topological polar surface area (TPSA) is 8.17 Å². The minimum Gasteiger partial charge on any atom is -0.310 e. The van der Waals surface area contributed by atoms with Crippen LogP contribution in [0.2, 0.25) is 0 Å². The van der Waals surface area contributed by atoms with Gasteiger partial charge in [0.15, 0.2) is 0 Å². The fraction of sp³-hybridized carbons (Fsp3) is 0.0357. The monoisotopic (exact) mass is 736 g/mol. The first-order chi connectivity index (χ1) is 28.7. The van der Waals surface area contributed by atoms with Crippen LogP contribution in [-0.2, 0) is 5.41 Å². The van der Waals surface area contributed by atoms with Crippen LogP contribution in [0.5, 0.6) is 0 Å². The lowest BCUT2D eigenvalue weighted by Gasteiger charge is -2.42. The highest BCUT2D eigenvalue weighted by Gasteiger charge is 2.48. The number of rotatable bonds is 3. The minimum atomic E-state index is -0.351. The Labute approximate surface area is 336 Å². The van der Waals surface area contributed by atoms with Gasteiger partial charge in [-0.05, 0) is 133 Å². The minimum absolute atomic E-state index is 0.351. The molecule has 11 aromatic rings. The standard InChI is InChI=1S/C56H36N2/c1-56-48-25-11-9-21-44(48)45-24-14-28-53(55(45)56)58(37-30-31-43-41-19-6-5-17-39(41)40-18-7-8-20-42(40)47(43)34-37)51-32-29-35(33-49(51)56)38-23-13-27-52-54(38)46-22-10-12-26-50(46)57(52)36-15-3-2-4-16-36/h2-34H,1H3. The molecule has 0 saturated heterocycles. The van der Waals surface area contributed by atoms with Crippen LogP contribution in [0.1, 0.15) is 23.6 Å². The highest BCUT2D eigenvalue weighted by atomic mass is 15.2. The van der Waals surface area contributed by atoms with Crippen molar-refractivity contribution in [1.29, 1.82) is 0 Å². The van der Waals surface area contributed by atoms with Crippen molar-refractivity contribution in [3.8, 4) is 27.9 Å². The quantitative estimate of drug-likeness (QED) is 0.164. The summed E-state index contributed by atoms with van der Waals surface area (Å²) in [6.07, 6.45) is 0. The van der Waals surface area contributed by atoms with Crippen molar-refractivity contribution < 1.29 is 0 Å². The summed E-state index contributed by atoms with van der Waals surface area (Å²) in [4.78, 5) is 2.54. The van der Waals surface area contributed by atoms with Crippen LogP contribution in [-0.4, -0.2) is 4.57 Å². The molecule has 2 nitrogen and oxygen atoms in total. The maximum atomic E-state index is 2.54. The molecule has 0 bridgehead atoms. The number of para-hydroxylation sites is 2. The number of aromatic nitrogens is 1. The van der Waals surface area contributed by atoms with E-state index in [-0.39, 0.29) is 5.41 Å². The number of anilines is 3. The third-order valence-electron chi connectivity index (χ3n) is 13.3. The van der Waals surface area contributed by atoms with Crippen LogP contribution < -0.4 is 4.90 Å². The van der Waals surface area contributed by atoms with Gasteiger partial charge in [-0.3, -0.25) is 0 Å². The largest absolute Gasteiger partial charge is 0.310 e. The Morgan fingerprint density at radius 2 is 0.966 bits per heavy atom. The molecular weight excluding hydrogens is 701 g/mol. The zero-order valence-corrected chi connectivity index (χ0v) is 31.9. The van der Waals surface area contributed by atoms with Gasteiger partial charge in [-0.2, -0.15) is 0 Å². The summed E-state index contributed by atoms with van der Waals surface area (Å²) >= 11 is 0. The molecule has 2 heterocycles. The lowest BCUT2D eigenvalue weighted by atomic mass is 9.70. The fourth-order valence-electron chi connectivity index (χ4n) is 10.9. The molecule has 2 heteroatoms. The first kappa shape index (κ1) is 31.7. The highest BCUT2D eigenvalue weighted by Crippen LogP contribution is 2.62. The molecule has 1 unspecified atom stereocenters. The summed E-state index contributed by atoms with van der Waals surface area (Å²) in [6.45, 7) is 2.46. The van der Waals surface area contributed by atoms with Gasteiger partial charge in [0, 0.05) is 27.6 Å². The maximum absolute atomic E-state index is 2.54. The molecule has 0 N–H and O–H groups in total. The van der Waals surface area contributed by atoms with Crippen molar-refractivity contribution in [3.05, 3.63) is 217 Å². The van der Waals surface area contributed by atoms with Crippen LogP contribution in [0.15, 0.2) is 200 Å². The van der Waals surface area contributed by atoms with Crippen molar-refractivity contribution in [2.75, 3.05) is 4.90 Å². The summed E-state index contributed by atoms with van der Waals surface area (Å²) < 4.78 is 2.41. The third kappa shape index (κ3) is 4.06. The Kier molecular flexibility index (Phi) is 6.33. The molecule has 0 spiro atoms. The van der Waals surface area contributed by atoms with Gasteiger partial charge in [0.2, 0.25) is 0 Å². The second-order valence-corrected chi connectivity index (χ2v) is 16.1. The molecule has 0 fully saturated rings. The SMILES string of the molecule is CC12c3ccccc3-c3cccc(c31)N(c1ccc3c4ccccc4c4ccccc4c3c1)c1ccc(-c3cccc4c3c3ccccc3n4-c3ccccc3)cc12. The average molecular weight is 737 g/mol.